The van der Waals surface area contributed by atoms with Crippen LogP contribution in [0, 0.1) is 0 Å². The normalized spacial score (nSPS) is 24.4. The van der Waals surface area contributed by atoms with E-state index in [4.69, 9.17) is 16.7 Å². The molecule has 1 aliphatic carbocycles. The summed E-state index contributed by atoms with van der Waals surface area (Å²) >= 11 is 6.04. The predicted octanol–water partition coefficient (Wildman–Crippen LogP) is 2.64. The van der Waals surface area contributed by atoms with Crippen molar-refractivity contribution in [3.05, 3.63) is 35.0 Å². The zero-order valence-electron chi connectivity index (χ0n) is 9.40. The molecule has 1 fully saturated rings. The maximum atomic E-state index is 13.5. The largest absolute Gasteiger partial charge is 0.480 e. The first kappa shape index (κ1) is 12.2. The fourth-order valence-electron chi connectivity index (χ4n) is 2.17. The number of hydrogen-bond donors (Lipinski definition) is 1. The molecule has 1 atom stereocenters. The number of nitrogens with zero attached hydrogens (tertiary/aromatic N) is 2. The van der Waals surface area contributed by atoms with Crippen LogP contribution in [0.15, 0.2) is 24.3 Å². The number of benzene rings is 1. The van der Waals surface area contributed by atoms with Gasteiger partial charge in [0, 0.05) is 11.8 Å². The third-order valence-electron chi connectivity index (χ3n) is 3.36. The zero-order valence-corrected chi connectivity index (χ0v) is 10.2. The van der Waals surface area contributed by atoms with Crippen molar-refractivity contribution in [1.29, 1.82) is 0 Å². The average Bonchev–Trinajstić information content (AvgIpc) is 2.94. The predicted molar refractivity (Wildman–Crippen MR) is 63.4 cm³/mol. The smallest absolute Gasteiger partial charge is 0.322 e. The fraction of sp³-hybridized carbons (Fsp3) is 0.250. The molecule has 0 spiro atoms. The molecule has 1 aromatic heterocycles. The van der Waals surface area contributed by atoms with Gasteiger partial charge in [-0.1, -0.05) is 29.8 Å². The maximum absolute atomic E-state index is 13.5. The number of fused-ring (bicyclic) bond motifs is 1. The van der Waals surface area contributed by atoms with Gasteiger partial charge in [0.05, 0.1) is 10.5 Å². The molecule has 98 valence electrons. The van der Waals surface area contributed by atoms with Gasteiger partial charge in [-0.3, -0.25) is 4.79 Å². The van der Waals surface area contributed by atoms with Gasteiger partial charge in [0.25, 0.3) is 5.92 Å². The van der Waals surface area contributed by atoms with E-state index in [0.29, 0.717) is 10.9 Å². The quantitative estimate of drug-likeness (QED) is 0.921. The van der Waals surface area contributed by atoms with Crippen LogP contribution in [0.2, 0.25) is 5.02 Å². The van der Waals surface area contributed by atoms with E-state index in [1.807, 2.05) is 0 Å². The summed E-state index contributed by atoms with van der Waals surface area (Å²) in [6.07, 6.45) is -0.803. The highest BCUT2D eigenvalue weighted by molar-refractivity contribution is 6.36. The molecule has 1 N–H and O–H groups in total. The molecule has 0 radical (unpaired) electrons. The molecule has 2 aromatic rings. The molecule has 3 rings (SSSR count). The second-order valence-electron chi connectivity index (χ2n) is 4.47. The lowest BCUT2D eigenvalue weighted by Gasteiger charge is -2.12. The van der Waals surface area contributed by atoms with E-state index in [9.17, 15) is 13.6 Å². The van der Waals surface area contributed by atoms with E-state index in [1.165, 1.54) is 0 Å². The molecular formula is C12H7ClF2N2O2. The monoisotopic (exact) mass is 284 g/mol. The van der Waals surface area contributed by atoms with Crippen molar-refractivity contribution >= 4 is 28.5 Å². The number of carboxylic acid groups (broad SMARTS) is 1. The van der Waals surface area contributed by atoms with E-state index in [1.54, 1.807) is 24.3 Å². The number of aliphatic carboxylic acids is 1. The van der Waals surface area contributed by atoms with Crippen molar-refractivity contribution in [3.63, 3.8) is 0 Å². The highest BCUT2D eigenvalue weighted by atomic mass is 35.5. The molecule has 0 aliphatic heterocycles. The van der Waals surface area contributed by atoms with Crippen LogP contribution in [-0.4, -0.2) is 27.2 Å². The van der Waals surface area contributed by atoms with Gasteiger partial charge >= 0.3 is 5.97 Å². The third kappa shape index (κ3) is 1.46. The summed E-state index contributed by atoms with van der Waals surface area (Å²) in [6, 6.07) is 6.58. The van der Waals surface area contributed by atoms with Gasteiger partial charge in [0.15, 0.2) is 5.41 Å². The van der Waals surface area contributed by atoms with Crippen LogP contribution in [-0.2, 0) is 10.2 Å². The summed E-state index contributed by atoms with van der Waals surface area (Å²) in [5.74, 6) is -4.98. The number of halogens is 3. The van der Waals surface area contributed by atoms with E-state index in [0.717, 1.165) is 0 Å². The van der Waals surface area contributed by atoms with Gasteiger partial charge in [-0.2, -0.15) is 10.2 Å². The standard InChI is InChI=1S/C12H7ClF2N2O2/c13-8-6-3-1-2-4-7(6)16-17-9(8)11(10(18)19)5-12(11,14)15/h1-4H,5H2,(H,18,19). The molecule has 0 saturated heterocycles. The highest BCUT2D eigenvalue weighted by Gasteiger charge is 2.79. The van der Waals surface area contributed by atoms with Crippen molar-refractivity contribution in [3.8, 4) is 0 Å². The Balaban J connectivity index is 2.27. The number of carboxylic acids is 1. The number of hydrogen-bond acceptors (Lipinski definition) is 3. The Morgan fingerprint density at radius 3 is 2.53 bits per heavy atom. The maximum Gasteiger partial charge on any atom is 0.322 e. The molecular weight excluding hydrogens is 278 g/mol. The van der Waals surface area contributed by atoms with Gasteiger partial charge < -0.3 is 5.11 Å². The molecule has 19 heavy (non-hydrogen) atoms. The molecule has 0 bridgehead atoms. The lowest BCUT2D eigenvalue weighted by molar-refractivity contribution is -0.143. The van der Waals surface area contributed by atoms with Crippen LogP contribution in [0.5, 0.6) is 0 Å². The van der Waals surface area contributed by atoms with Crippen LogP contribution >= 0.6 is 11.6 Å². The highest BCUT2D eigenvalue weighted by Crippen LogP contribution is 2.62. The van der Waals surface area contributed by atoms with Crippen molar-refractivity contribution < 1.29 is 18.7 Å². The Bertz CT molecular complexity index is 707. The van der Waals surface area contributed by atoms with Gasteiger partial charge in [-0.15, -0.1) is 0 Å². The Labute approximate surface area is 111 Å². The summed E-state index contributed by atoms with van der Waals surface area (Å²) in [7, 11) is 0. The third-order valence-corrected chi connectivity index (χ3v) is 3.74. The van der Waals surface area contributed by atoms with Crippen LogP contribution in [0.25, 0.3) is 10.9 Å². The van der Waals surface area contributed by atoms with Gasteiger partial charge in [0.1, 0.15) is 5.69 Å². The SMILES string of the molecule is O=C(O)C1(c2nnc3ccccc3c2Cl)CC1(F)F. The van der Waals surface area contributed by atoms with Crippen LogP contribution < -0.4 is 0 Å². The number of carbonyl (C=O) groups is 1. The second kappa shape index (κ2) is 3.60. The second-order valence-corrected chi connectivity index (χ2v) is 4.85. The average molecular weight is 285 g/mol. The molecule has 1 aromatic carbocycles. The molecule has 4 nitrogen and oxygen atoms in total. The summed E-state index contributed by atoms with van der Waals surface area (Å²) < 4.78 is 26.9. The van der Waals surface area contributed by atoms with Gasteiger partial charge in [0.2, 0.25) is 0 Å². The minimum atomic E-state index is -3.35. The molecule has 1 unspecified atom stereocenters. The molecule has 7 heteroatoms. The topological polar surface area (TPSA) is 63.1 Å². The Kier molecular flexibility index (Phi) is 2.32. The lowest BCUT2D eigenvalue weighted by atomic mass is 10.00. The minimum Gasteiger partial charge on any atom is -0.480 e. The van der Waals surface area contributed by atoms with E-state index >= 15 is 0 Å². The molecule has 1 heterocycles. The van der Waals surface area contributed by atoms with E-state index in [-0.39, 0.29) is 10.7 Å². The first-order valence-corrected chi connectivity index (χ1v) is 5.80. The van der Waals surface area contributed by atoms with Gasteiger partial charge in [-0.05, 0) is 6.07 Å². The minimum absolute atomic E-state index is 0.0785. The zero-order chi connectivity index (χ0) is 13.8. The molecule has 1 saturated carbocycles. The Morgan fingerprint density at radius 2 is 1.95 bits per heavy atom. The summed E-state index contributed by atoms with van der Waals surface area (Å²) in [5, 5.41) is 16.8. The number of aromatic nitrogens is 2. The molecule has 1 aliphatic rings. The van der Waals surface area contributed by atoms with Crippen LogP contribution in [0.4, 0.5) is 8.78 Å². The van der Waals surface area contributed by atoms with Crippen molar-refractivity contribution in [2.75, 3.05) is 0 Å². The number of rotatable bonds is 2. The summed E-state index contributed by atoms with van der Waals surface area (Å²) in [4.78, 5) is 11.2. The Morgan fingerprint density at radius 1 is 1.32 bits per heavy atom. The summed E-state index contributed by atoms with van der Waals surface area (Å²) in [5.41, 5.74) is -2.28. The Hall–Kier alpha value is -1.82. The lowest BCUT2D eigenvalue weighted by Crippen LogP contribution is -2.29. The first-order valence-electron chi connectivity index (χ1n) is 5.43. The van der Waals surface area contributed by atoms with Crippen molar-refractivity contribution in [2.45, 2.75) is 17.8 Å². The molecule has 0 amide bonds. The van der Waals surface area contributed by atoms with Crippen LogP contribution in [0.3, 0.4) is 0 Å². The number of alkyl halides is 2. The van der Waals surface area contributed by atoms with E-state index < -0.39 is 23.7 Å². The van der Waals surface area contributed by atoms with Crippen molar-refractivity contribution in [2.24, 2.45) is 0 Å². The first-order chi connectivity index (χ1) is 8.90. The van der Waals surface area contributed by atoms with E-state index in [2.05, 4.69) is 10.2 Å². The fourth-order valence-corrected chi connectivity index (χ4v) is 2.53. The van der Waals surface area contributed by atoms with Gasteiger partial charge in [-0.25, -0.2) is 8.78 Å². The van der Waals surface area contributed by atoms with Crippen molar-refractivity contribution in [1.82, 2.24) is 10.2 Å². The van der Waals surface area contributed by atoms with Crippen LogP contribution in [0.1, 0.15) is 12.1 Å². The summed E-state index contributed by atoms with van der Waals surface area (Å²) in [6.45, 7) is 0.